The molecule has 0 unspecified atom stereocenters. The van der Waals surface area contributed by atoms with Crippen molar-refractivity contribution in [3.8, 4) is 0 Å². The van der Waals surface area contributed by atoms with Crippen LogP contribution in [0.2, 0.25) is 0 Å². The van der Waals surface area contributed by atoms with Crippen molar-refractivity contribution in [2.75, 3.05) is 18.5 Å². The third-order valence-corrected chi connectivity index (χ3v) is 2.78. The van der Waals surface area contributed by atoms with E-state index < -0.39 is 0 Å². The van der Waals surface area contributed by atoms with Gasteiger partial charge in [0.05, 0.1) is 11.8 Å². The number of anilines is 1. The summed E-state index contributed by atoms with van der Waals surface area (Å²) in [5.74, 6) is 0.612. The fourth-order valence-electron chi connectivity index (χ4n) is 1.75. The van der Waals surface area contributed by atoms with Gasteiger partial charge in [0.15, 0.2) is 5.82 Å². The minimum Gasteiger partial charge on any atom is -0.384 e. The van der Waals surface area contributed by atoms with Crippen LogP contribution in [0, 0.1) is 5.41 Å². The molecule has 19 heavy (non-hydrogen) atoms. The van der Waals surface area contributed by atoms with E-state index in [4.69, 9.17) is 11.1 Å². The Morgan fingerprint density at radius 1 is 1.32 bits per heavy atom. The molecule has 0 saturated carbocycles. The Kier molecular flexibility index (Phi) is 4.02. The second kappa shape index (κ2) is 5.90. The van der Waals surface area contributed by atoms with Crippen LogP contribution in [0.1, 0.15) is 11.3 Å². The van der Waals surface area contributed by atoms with Crippen molar-refractivity contribution in [3.63, 3.8) is 0 Å². The molecule has 0 atom stereocenters. The summed E-state index contributed by atoms with van der Waals surface area (Å²) in [5.41, 5.74) is 7.15. The highest BCUT2D eigenvalue weighted by Gasteiger charge is 2.11. The van der Waals surface area contributed by atoms with Crippen LogP contribution in [0.5, 0.6) is 0 Å². The van der Waals surface area contributed by atoms with Gasteiger partial charge >= 0.3 is 0 Å². The van der Waals surface area contributed by atoms with E-state index in [1.807, 2.05) is 30.1 Å². The van der Waals surface area contributed by atoms with Crippen molar-refractivity contribution in [2.24, 2.45) is 5.73 Å². The van der Waals surface area contributed by atoms with Crippen LogP contribution in [-0.4, -0.2) is 34.6 Å². The van der Waals surface area contributed by atoms with Gasteiger partial charge in [-0.3, -0.25) is 10.4 Å². The third kappa shape index (κ3) is 3.25. The maximum absolute atomic E-state index is 7.54. The number of nitrogens with one attached hydrogen (secondary N) is 1. The van der Waals surface area contributed by atoms with E-state index in [0.717, 1.165) is 18.7 Å². The lowest BCUT2D eigenvalue weighted by Crippen LogP contribution is -2.26. The zero-order valence-electron chi connectivity index (χ0n) is 10.7. The Bertz CT molecular complexity index is 554. The van der Waals surface area contributed by atoms with Crippen LogP contribution in [0.15, 0.2) is 36.7 Å². The number of pyridine rings is 1. The predicted octanol–water partition coefficient (Wildman–Crippen LogP) is 0.835. The normalized spacial score (nSPS) is 10.2. The van der Waals surface area contributed by atoms with Crippen molar-refractivity contribution in [1.29, 1.82) is 5.41 Å². The van der Waals surface area contributed by atoms with Gasteiger partial charge in [-0.1, -0.05) is 6.07 Å². The van der Waals surface area contributed by atoms with Crippen molar-refractivity contribution in [3.05, 3.63) is 47.9 Å². The van der Waals surface area contributed by atoms with E-state index in [0.29, 0.717) is 11.4 Å². The molecule has 0 aliphatic carbocycles. The van der Waals surface area contributed by atoms with E-state index in [-0.39, 0.29) is 5.84 Å². The molecule has 0 saturated heterocycles. The smallest absolute Gasteiger partial charge is 0.162 e. The van der Waals surface area contributed by atoms with Gasteiger partial charge in [0.1, 0.15) is 5.84 Å². The Morgan fingerprint density at radius 3 is 2.84 bits per heavy atom. The Labute approximate surface area is 111 Å². The van der Waals surface area contributed by atoms with Crippen LogP contribution in [0.25, 0.3) is 0 Å². The third-order valence-electron chi connectivity index (χ3n) is 2.78. The van der Waals surface area contributed by atoms with E-state index in [9.17, 15) is 0 Å². The van der Waals surface area contributed by atoms with E-state index in [1.165, 1.54) is 6.20 Å². The maximum Gasteiger partial charge on any atom is 0.162 e. The van der Waals surface area contributed by atoms with Crippen LogP contribution in [0.4, 0.5) is 5.82 Å². The number of hydrogen-bond donors (Lipinski definition) is 2. The Balaban J connectivity index is 2.08. The molecule has 98 valence electrons. The standard InChI is InChI=1S/C13H16N6/c1-19(9-6-10-4-2-3-7-16-10)13-11(12(14)15)5-8-17-18-13/h2-5,7-8H,6,9H2,1H3,(H3,14,15). The molecule has 0 amide bonds. The molecule has 6 nitrogen and oxygen atoms in total. The minimum atomic E-state index is -0.00501. The second-order valence-corrected chi connectivity index (χ2v) is 4.17. The van der Waals surface area contributed by atoms with Crippen molar-refractivity contribution < 1.29 is 0 Å². The number of amidine groups is 1. The van der Waals surface area contributed by atoms with Gasteiger partial charge in [-0.15, -0.1) is 5.10 Å². The summed E-state index contributed by atoms with van der Waals surface area (Å²) in [4.78, 5) is 6.20. The summed E-state index contributed by atoms with van der Waals surface area (Å²) in [6, 6.07) is 7.54. The van der Waals surface area contributed by atoms with E-state index in [1.54, 1.807) is 12.3 Å². The molecule has 2 aromatic rings. The number of nitrogen functional groups attached to an aromatic ring is 1. The van der Waals surface area contributed by atoms with Gasteiger partial charge in [0.25, 0.3) is 0 Å². The first-order chi connectivity index (χ1) is 9.18. The van der Waals surface area contributed by atoms with E-state index in [2.05, 4.69) is 15.2 Å². The zero-order chi connectivity index (χ0) is 13.7. The molecule has 6 heteroatoms. The predicted molar refractivity (Wildman–Crippen MR) is 74.3 cm³/mol. The lowest BCUT2D eigenvalue weighted by Gasteiger charge is -2.19. The number of nitrogens with two attached hydrogens (primary N) is 1. The van der Waals surface area contributed by atoms with Crippen LogP contribution >= 0.6 is 0 Å². The average Bonchev–Trinajstić information content (AvgIpc) is 2.46. The fourth-order valence-corrected chi connectivity index (χ4v) is 1.75. The summed E-state index contributed by atoms with van der Waals surface area (Å²) < 4.78 is 0. The van der Waals surface area contributed by atoms with Gasteiger partial charge in [-0.2, -0.15) is 5.10 Å². The molecule has 0 radical (unpaired) electrons. The second-order valence-electron chi connectivity index (χ2n) is 4.17. The Hall–Kier alpha value is -2.50. The molecular formula is C13H16N6. The van der Waals surface area contributed by atoms with Gasteiger partial charge < -0.3 is 10.6 Å². The molecule has 3 N–H and O–H groups in total. The highest BCUT2D eigenvalue weighted by Crippen LogP contribution is 2.14. The van der Waals surface area contributed by atoms with Crippen LogP contribution < -0.4 is 10.6 Å². The lowest BCUT2D eigenvalue weighted by molar-refractivity contribution is 0.821. The number of likely N-dealkylation sites (N-methyl/N-ethyl adjacent to an activating group) is 1. The number of rotatable bonds is 5. The Morgan fingerprint density at radius 2 is 2.16 bits per heavy atom. The molecule has 0 bridgehead atoms. The molecule has 0 aliphatic rings. The highest BCUT2D eigenvalue weighted by molar-refractivity contribution is 5.99. The summed E-state index contributed by atoms with van der Waals surface area (Å²) in [5, 5.41) is 15.4. The van der Waals surface area contributed by atoms with Crippen molar-refractivity contribution in [1.82, 2.24) is 15.2 Å². The van der Waals surface area contributed by atoms with Crippen LogP contribution in [-0.2, 0) is 6.42 Å². The van der Waals surface area contributed by atoms with Gasteiger partial charge in [0, 0.05) is 31.9 Å². The first kappa shape index (κ1) is 12.9. The summed E-state index contributed by atoms with van der Waals surface area (Å²) in [6.45, 7) is 0.732. The molecule has 0 fully saturated rings. The molecular weight excluding hydrogens is 240 g/mol. The number of nitrogens with zero attached hydrogens (tertiary/aromatic N) is 4. The minimum absolute atomic E-state index is 0.00501. The van der Waals surface area contributed by atoms with Crippen molar-refractivity contribution >= 4 is 11.7 Å². The zero-order valence-corrected chi connectivity index (χ0v) is 10.7. The molecule has 0 spiro atoms. The molecule has 0 aliphatic heterocycles. The van der Waals surface area contributed by atoms with Gasteiger partial charge in [-0.25, -0.2) is 0 Å². The topological polar surface area (TPSA) is 91.8 Å². The maximum atomic E-state index is 7.54. The van der Waals surface area contributed by atoms with Crippen LogP contribution in [0.3, 0.4) is 0 Å². The summed E-state index contributed by atoms with van der Waals surface area (Å²) in [7, 11) is 1.90. The first-order valence-corrected chi connectivity index (χ1v) is 5.95. The van der Waals surface area contributed by atoms with E-state index >= 15 is 0 Å². The SMILES string of the molecule is CN(CCc1ccccn1)c1nnccc1C(=N)N. The summed E-state index contributed by atoms with van der Waals surface area (Å²) in [6.07, 6.45) is 4.11. The highest BCUT2D eigenvalue weighted by atomic mass is 15.2. The molecule has 2 heterocycles. The van der Waals surface area contributed by atoms with Gasteiger partial charge in [-0.05, 0) is 18.2 Å². The fraction of sp³-hybridized carbons (Fsp3) is 0.231. The summed E-state index contributed by atoms with van der Waals surface area (Å²) >= 11 is 0. The van der Waals surface area contributed by atoms with Gasteiger partial charge in [0.2, 0.25) is 0 Å². The van der Waals surface area contributed by atoms with Crippen molar-refractivity contribution in [2.45, 2.75) is 6.42 Å². The monoisotopic (exact) mass is 256 g/mol. The molecule has 0 aromatic carbocycles. The molecule has 2 aromatic heterocycles. The quantitative estimate of drug-likeness (QED) is 0.611. The molecule has 2 rings (SSSR count). The average molecular weight is 256 g/mol. The first-order valence-electron chi connectivity index (χ1n) is 5.95. The number of hydrogen-bond acceptors (Lipinski definition) is 5. The largest absolute Gasteiger partial charge is 0.384 e. The lowest BCUT2D eigenvalue weighted by atomic mass is 10.2. The number of aromatic nitrogens is 3.